The Balaban J connectivity index is 1.83. The normalized spacial score (nSPS) is 15.0. The van der Waals surface area contributed by atoms with Gasteiger partial charge < -0.3 is 15.0 Å². The molecule has 1 N–H and O–H groups in total. The summed E-state index contributed by atoms with van der Waals surface area (Å²) in [5.74, 6) is 0.262. The van der Waals surface area contributed by atoms with E-state index in [0.717, 1.165) is 10.2 Å². The van der Waals surface area contributed by atoms with Crippen molar-refractivity contribution in [3.05, 3.63) is 40.8 Å². The number of morpholine rings is 1. The molecule has 1 aromatic heterocycles. The minimum Gasteiger partial charge on any atom is -0.378 e. The first-order chi connectivity index (χ1) is 10.2. The molecule has 0 atom stereocenters. The topological polar surface area (TPSA) is 50.3 Å². The van der Waals surface area contributed by atoms with Gasteiger partial charge in [0.15, 0.2) is 11.6 Å². The minimum absolute atomic E-state index is 0.311. The highest BCUT2D eigenvalue weighted by Gasteiger charge is 2.17. The Kier molecular flexibility index (Phi) is 4.31. The third-order valence-electron chi connectivity index (χ3n) is 3.12. The molecule has 1 aliphatic rings. The van der Waals surface area contributed by atoms with Gasteiger partial charge in [0.25, 0.3) is 0 Å². The zero-order valence-electron chi connectivity index (χ0n) is 11.2. The van der Waals surface area contributed by atoms with Crippen LogP contribution < -0.4 is 10.2 Å². The molecule has 0 radical (unpaired) electrons. The average Bonchev–Trinajstić information content (AvgIpc) is 2.50. The van der Waals surface area contributed by atoms with Crippen molar-refractivity contribution in [1.82, 2.24) is 9.97 Å². The van der Waals surface area contributed by atoms with Crippen molar-refractivity contribution >= 4 is 33.4 Å². The molecule has 0 unspecified atom stereocenters. The summed E-state index contributed by atoms with van der Waals surface area (Å²) in [4.78, 5) is 10.1. The third kappa shape index (κ3) is 3.48. The smallest absolute Gasteiger partial charge is 0.229 e. The van der Waals surface area contributed by atoms with Crippen molar-refractivity contribution in [3.63, 3.8) is 0 Å². The molecule has 1 aromatic carbocycles. The molecule has 2 heterocycles. The van der Waals surface area contributed by atoms with Gasteiger partial charge in [0, 0.05) is 23.2 Å². The maximum atomic E-state index is 13.9. The van der Waals surface area contributed by atoms with Crippen LogP contribution in [0.4, 0.5) is 21.8 Å². The molecule has 110 valence electrons. The summed E-state index contributed by atoms with van der Waals surface area (Å²) in [7, 11) is 0. The molecule has 5 nitrogen and oxygen atoms in total. The van der Waals surface area contributed by atoms with E-state index >= 15 is 0 Å². The first kappa shape index (κ1) is 14.2. The fourth-order valence-corrected chi connectivity index (χ4v) is 2.51. The van der Waals surface area contributed by atoms with E-state index in [9.17, 15) is 4.39 Å². The van der Waals surface area contributed by atoms with Crippen molar-refractivity contribution in [2.75, 3.05) is 36.5 Å². The number of rotatable bonds is 3. The predicted octanol–water partition coefficient (Wildman–Crippen LogP) is 2.96. The van der Waals surface area contributed by atoms with Crippen molar-refractivity contribution in [2.45, 2.75) is 0 Å². The predicted molar refractivity (Wildman–Crippen MR) is 82.4 cm³/mol. The van der Waals surface area contributed by atoms with Crippen LogP contribution >= 0.6 is 15.9 Å². The first-order valence-electron chi connectivity index (χ1n) is 6.60. The summed E-state index contributed by atoms with van der Waals surface area (Å²) in [5.41, 5.74) is 0.837. The van der Waals surface area contributed by atoms with Crippen molar-refractivity contribution in [2.24, 2.45) is 0 Å². The van der Waals surface area contributed by atoms with Crippen LogP contribution in [0, 0.1) is 5.82 Å². The molecule has 0 saturated carbocycles. The molecule has 1 aliphatic heterocycles. The first-order valence-corrected chi connectivity index (χ1v) is 7.39. The van der Waals surface area contributed by atoms with E-state index < -0.39 is 5.82 Å². The number of benzene rings is 1. The van der Waals surface area contributed by atoms with Gasteiger partial charge in [0.1, 0.15) is 0 Å². The van der Waals surface area contributed by atoms with Gasteiger partial charge in [0.2, 0.25) is 5.95 Å². The van der Waals surface area contributed by atoms with Crippen LogP contribution in [0.2, 0.25) is 0 Å². The molecule has 3 rings (SSSR count). The minimum atomic E-state index is -0.420. The summed E-state index contributed by atoms with van der Waals surface area (Å²) in [6.45, 7) is 2.42. The number of ether oxygens (including phenoxy) is 1. The van der Waals surface area contributed by atoms with Gasteiger partial charge in [-0.3, -0.25) is 0 Å². The molecular formula is C14H14BrFN4O. The lowest BCUT2D eigenvalue weighted by Gasteiger charge is -2.28. The van der Waals surface area contributed by atoms with E-state index in [1.807, 2.05) is 29.2 Å². The van der Waals surface area contributed by atoms with E-state index in [0.29, 0.717) is 38.1 Å². The number of nitrogens with zero attached hydrogens (tertiary/aromatic N) is 3. The van der Waals surface area contributed by atoms with Gasteiger partial charge in [0.05, 0.1) is 19.4 Å². The molecule has 0 amide bonds. The van der Waals surface area contributed by atoms with Gasteiger partial charge in [-0.05, 0) is 18.2 Å². The zero-order valence-corrected chi connectivity index (χ0v) is 12.8. The molecular weight excluding hydrogens is 339 g/mol. The highest BCUT2D eigenvalue weighted by atomic mass is 79.9. The second kappa shape index (κ2) is 6.36. The monoisotopic (exact) mass is 352 g/mol. The molecule has 0 aliphatic carbocycles. The highest BCUT2D eigenvalue weighted by Crippen LogP contribution is 2.22. The molecule has 2 aromatic rings. The van der Waals surface area contributed by atoms with Crippen LogP contribution in [-0.2, 0) is 4.74 Å². The van der Waals surface area contributed by atoms with Gasteiger partial charge in [-0.1, -0.05) is 22.0 Å². The lowest BCUT2D eigenvalue weighted by Crippen LogP contribution is -2.37. The lowest BCUT2D eigenvalue weighted by atomic mass is 10.3. The van der Waals surface area contributed by atoms with Crippen molar-refractivity contribution in [3.8, 4) is 0 Å². The van der Waals surface area contributed by atoms with E-state index in [4.69, 9.17) is 4.74 Å². The average molecular weight is 353 g/mol. The van der Waals surface area contributed by atoms with Crippen molar-refractivity contribution < 1.29 is 9.13 Å². The Hall–Kier alpha value is -1.73. The summed E-state index contributed by atoms with van der Waals surface area (Å²) >= 11 is 3.40. The van der Waals surface area contributed by atoms with Crippen molar-refractivity contribution in [1.29, 1.82) is 0 Å². The zero-order chi connectivity index (χ0) is 14.7. The summed E-state index contributed by atoms with van der Waals surface area (Å²) < 4.78 is 20.1. The van der Waals surface area contributed by atoms with Crippen LogP contribution in [0.15, 0.2) is 34.9 Å². The number of nitrogens with one attached hydrogen (secondary N) is 1. The van der Waals surface area contributed by atoms with Crippen LogP contribution in [0.1, 0.15) is 0 Å². The quantitative estimate of drug-likeness (QED) is 0.920. The van der Waals surface area contributed by atoms with Gasteiger partial charge >= 0.3 is 0 Å². The van der Waals surface area contributed by atoms with Crippen LogP contribution in [-0.4, -0.2) is 36.3 Å². The lowest BCUT2D eigenvalue weighted by molar-refractivity contribution is 0.122. The highest BCUT2D eigenvalue weighted by molar-refractivity contribution is 9.10. The Labute approximate surface area is 130 Å². The number of halogens is 2. The molecule has 0 spiro atoms. The van der Waals surface area contributed by atoms with Crippen LogP contribution in [0.5, 0.6) is 0 Å². The summed E-state index contributed by atoms with van der Waals surface area (Å²) in [6, 6.07) is 7.63. The van der Waals surface area contributed by atoms with E-state index in [1.54, 1.807) is 0 Å². The molecule has 1 fully saturated rings. The standard InChI is InChI=1S/C14H14BrFN4O/c15-10-2-1-3-11(8-10)18-14-17-9-12(16)13(19-14)20-4-6-21-7-5-20/h1-3,8-9H,4-7H2,(H,17,18,19). The number of hydrogen-bond acceptors (Lipinski definition) is 5. The fraction of sp³-hybridized carbons (Fsp3) is 0.286. The molecule has 1 saturated heterocycles. The second-order valence-corrected chi connectivity index (χ2v) is 5.52. The Bertz CT molecular complexity index is 634. The van der Waals surface area contributed by atoms with Gasteiger partial charge in [-0.15, -0.1) is 0 Å². The SMILES string of the molecule is Fc1cnc(Nc2cccc(Br)c2)nc1N1CCOCC1. The number of aromatic nitrogens is 2. The Morgan fingerprint density at radius 2 is 2.10 bits per heavy atom. The van der Waals surface area contributed by atoms with Crippen LogP contribution in [0.3, 0.4) is 0 Å². The number of anilines is 3. The number of hydrogen-bond donors (Lipinski definition) is 1. The molecule has 7 heteroatoms. The fourth-order valence-electron chi connectivity index (χ4n) is 2.11. The largest absolute Gasteiger partial charge is 0.378 e. The van der Waals surface area contributed by atoms with E-state index in [-0.39, 0.29) is 0 Å². The van der Waals surface area contributed by atoms with E-state index in [1.165, 1.54) is 6.20 Å². The van der Waals surface area contributed by atoms with Gasteiger partial charge in [-0.25, -0.2) is 9.37 Å². The van der Waals surface area contributed by atoms with Crippen LogP contribution in [0.25, 0.3) is 0 Å². The summed E-state index contributed by atoms with van der Waals surface area (Å²) in [6.07, 6.45) is 1.19. The Morgan fingerprint density at radius 1 is 1.29 bits per heavy atom. The van der Waals surface area contributed by atoms with E-state index in [2.05, 4.69) is 31.2 Å². The molecule has 0 bridgehead atoms. The molecule has 21 heavy (non-hydrogen) atoms. The summed E-state index contributed by atoms with van der Waals surface area (Å²) in [5, 5.41) is 3.07. The maximum absolute atomic E-state index is 13.9. The third-order valence-corrected chi connectivity index (χ3v) is 3.61. The van der Waals surface area contributed by atoms with Gasteiger partial charge in [-0.2, -0.15) is 4.98 Å². The second-order valence-electron chi connectivity index (χ2n) is 4.60. The Morgan fingerprint density at radius 3 is 2.86 bits per heavy atom. The maximum Gasteiger partial charge on any atom is 0.229 e.